The fourth-order valence-electron chi connectivity index (χ4n) is 3.19. The number of nitrogens with zero attached hydrogens (tertiary/aromatic N) is 1. The van der Waals surface area contributed by atoms with Gasteiger partial charge in [-0.15, -0.1) is 11.8 Å². The first-order chi connectivity index (χ1) is 13.8. The normalized spacial score (nSPS) is 17.3. The molecule has 3 rings (SSSR count). The first kappa shape index (κ1) is 21.7. The Morgan fingerprint density at radius 3 is 2.72 bits per heavy atom. The van der Waals surface area contributed by atoms with E-state index in [1.165, 1.54) is 36.0 Å². The number of likely N-dealkylation sites (tertiary alicyclic amines) is 1. The first-order valence-corrected chi connectivity index (χ1v) is 11.7. The zero-order valence-electron chi connectivity index (χ0n) is 15.7. The largest absolute Gasteiger partial charge is 0.341 e. The molecule has 1 heterocycles. The quantitative estimate of drug-likeness (QED) is 0.670. The SMILES string of the molecule is O=C(CCSc1ccccc1F)N1CCCC(NS(=O)(=O)c2cccc(F)c2)C1. The van der Waals surface area contributed by atoms with Gasteiger partial charge in [-0.05, 0) is 43.2 Å². The molecule has 156 valence electrons. The van der Waals surface area contributed by atoms with E-state index in [2.05, 4.69) is 4.72 Å². The lowest BCUT2D eigenvalue weighted by Crippen LogP contribution is -2.49. The lowest BCUT2D eigenvalue weighted by molar-refractivity contribution is -0.132. The molecular formula is C20H22F2N2O3S2. The zero-order valence-corrected chi connectivity index (χ0v) is 17.3. The summed E-state index contributed by atoms with van der Waals surface area (Å²) in [5, 5.41) is 0. The standard InChI is InChI=1S/C20H22F2N2O3S2/c21-15-5-3-7-17(13-15)29(26,27)23-16-6-4-11-24(14-16)20(25)10-12-28-19-9-2-1-8-18(19)22/h1-3,5,7-9,13,16,23H,4,6,10-12,14H2. The number of sulfonamides is 1. The van der Waals surface area contributed by atoms with Crippen molar-refractivity contribution in [2.24, 2.45) is 0 Å². The van der Waals surface area contributed by atoms with E-state index in [0.717, 1.165) is 6.07 Å². The highest BCUT2D eigenvalue weighted by atomic mass is 32.2. The smallest absolute Gasteiger partial charge is 0.240 e. The van der Waals surface area contributed by atoms with Gasteiger partial charge in [0.05, 0.1) is 4.90 Å². The minimum absolute atomic E-state index is 0.0940. The average Bonchev–Trinajstić information content (AvgIpc) is 2.69. The number of nitrogens with one attached hydrogen (secondary N) is 1. The first-order valence-electron chi connectivity index (χ1n) is 9.28. The predicted octanol–water partition coefficient (Wildman–Crippen LogP) is 3.42. The van der Waals surface area contributed by atoms with E-state index in [4.69, 9.17) is 0 Å². The van der Waals surface area contributed by atoms with E-state index >= 15 is 0 Å². The Hall–Kier alpha value is -1.97. The number of amides is 1. The second-order valence-corrected chi connectivity index (χ2v) is 9.64. The molecule has 2 aromatic rings. The van der Waals surface area contributed by atoms with Crippen molar-refractivity contribution in [3.63, 3.8) is 0 Å². The molecule has 1 saturated heterocycles. The molecule has 1 aliphatic rings. The number of thioether (sulfide) groups is 1. The Morgan fingerprint density at radius 1 is 1.17 bits per heavy atom. The predicted molar refractivity (Wildman–Crippen MR) is 108 cm³/mol. The van der Waals surface area contributed by atoms with E-state index < -0.39 is 21.9 Å². The number of hydrogen-bond donors (Lipinski definition) is 1. The van der Waals surface area contributed by atoms with Gasteiger partial charge in [0.2, 0.25) is 15.9 Å². The van der Waals surface area contributed by atoms with Gasteiger partial charge in [0, 0.05) is 36.2 Å². The van der Waals surface area contributed by atoms with Crippen LogP contribution in [0.15, 0.2) is 58.3 Å². The van der Waals surface area contributed by atoms with Crippen molar-refractivity contribution in [2.75, 3.05) is 18.8 Å². The Bertz CT molecular complexity index is 970. The van der Waals surface area contributed by atoms with Crippen LogP contribution in [0.4, 0.5) is 8.78 Å². The van der Waals surface area contributed by atoms with Crippen LogP contribution >= 0.6 is 11.8 Å². The van der Waals surface area contributed by atoms with Gasteiger partial charge in [0.25, 0.3) is 0 Å². The summed E-state index contributed by atoms with van der Waals surface area (Å²) in [5.41, 5.74) is 0. The summed E-state index contributed by atoms with van der Waals surface area (Å²) in [5.74, 6) is -0.588. The van der Waals surface area contributed by atoms with Gasteiger partial charge >= 0.3 is 0 Å². The molecule has 29 heavy (non-hydrogen) atoms. The topological polar surface area (TPSA) is 66.5 Å². The van der Waals surface area contributed by atoms with Gasteiger partial charge in [-0.3, -0.25) is 4.79 Å². The molecule has 1 fully saturated rings. The van der Waals surface area contributed by atoms with E-state index in [9.17, 15) is 22.0 Å². The lowest BCUT2D eigenvalue weighted by atomic mass is 10.1. The third-order valence-corrected chi connectivity index (χ3v) is 7.18. The van der Waals surface area contributed by atoms with Crippen LogP contribution in [0, 0.1) is 11.6 Å². The molecule has 1 unspecified atom stereocenters. The molecule has 1 aliphatic heterocycles. The summed E-state index contributed by atoms with van der Waals surface area (Å²) >= 11 is 1.28. The number of benzene rings is 2. The molecule has 2 aromatic carbocycles. The van der Waals surface area contributed by atoms with Crippen molar-refractivity contribution in [1.29, 1.82) is 0 Å². The summed E-state index contributed by atoms with van der Waals surface area (Å²) in [6.07, 6.45) is 1.51. The molecule has 0 aromatic heterocycles. The monoisotopic (exact) mass is 440 g/mol. The maximum Gasteiger partial charge on any atom is 0.240 e. The Labute approximate surface area is 173 Å². The molecule has 0 saturated carbocycles. The van der Waals surface area contributed by atoms with Crippen LogP contribution in [0.3, 0.4) is 0 Å². The molecule has 1 N–H and O–H groups in total. The summed E-state index contributed by atoms with van der Waals surface area (Å²) in [6.45, 7) is 0.819. The molecule has 1 amide bonds. The van der Waals surface area contributed by atoms with Crippen molar-refractivity contribution in [2.45, 2.75) is 35.1 Å². The molecule has 0 radical (unpaired) electrons. The Balaban J connectivity index is 1.53. The minimum Gasteiger partial charge on any atom is -0.341 e. The number of hydrogen-bond acceptors (Lipinski definition) is 4. The van der Waals surface area contributed by atoms with E-state index in [1.807, 2.05) is 0 Å². The maximum absolute atomic E-state index is 13.6. The summed E-state index contributed by atoms with van der Waals surface area (Å²) in [6, 6.07) is 10.8. The van der Waals surface area contributed by atoms with Gasteiger partial charge in [-0.25, -0.2) is 21.9 Å². The number of piperidine rings is 1. The van der Waals surface area contributed by atoms with Gasteiger partial charge in [-0.2, -0.15) is 0 Å². The number of rotatable bonds is 7. The van der Waals surface area contributed by atoms with Crippen molar-refractivity contribution in [1.82, 2.24) is 9.62 Å². The number of carbonyl (C=O) groups excluding carboxylic acids is 1. The second kappa shape index (κ2) is 9.69. The van der Waals surface area contributed by atoms with Crippen LogP contribution in [0.2, 0.25) is 0 Å². The van der Waals surface area contributed by atoms with Crippen LogP contribution in [0.25, 0.3) is 0 Å². The Kier molecular flexibility index (Phi) is 7.26. The van der Waals surface area contributed by atoms with Crippen molar-refractivity contribution in [3.05, 3.63) is 60.2 Å². The van der Waals surface area contributed by atoms with Crippen molar-refractivity contribution >= 4 is 27.7 Å². The highest BCUT2D eigenvalue weighted by Gasteiger charge is 2.27. The lowest BCUT2D eigenvalue weighted by Gasteiger charge is -2.33. The molecule has 0 bridgehead atoms. The van der Waals surface area contributed by atoms with Crippen molar-refractivity contribution < 1.29 is 22.0 Å². The van der Waals surface area contributed by atoms with Gasteiger partial charge in [0.1, 0.15) is 11.6 Å². The molecule has 9 heteroatoms. The summed E-state index contributed by atoms with van der Waals surface area (Å²) < 4.78 is 54.5. The number of carbonyl (C=O) groups is 1. The fourth-order valence-corrected chi connectivity index (χ4v) is 5.36. The zero-order chi connectivity index (χ0) is 20.9. The van der Waals surface area contributed by atoms with E-state index in [1.54, 1.807) is 23.1 Å². The van der Waals surface area contributed by atoms with E-state index in [-0.39, 0.29) is 29.6 Å². The molecule has 0 spiro atoms. The second-order valence-electron chi connectivity index (χ2n) is 6.79. The van der Waals surface area contributed by atoms with Crippen LogP contribution < -0.4 is 4.72 Å². The molecule has 0 aliphatic carbocycles. The molecule has 5 nitrogen and oxygen atoms in total. The third kappa shape index (κ3) is 6.01. The molecule has 1 atom stereocenters. The van der Waals surface area contributed by atoms with E-state index in [0.29, 0.717) is 30.0 Å². The van der Waals surface area contributed by atoms with Gasteiger partial charge in [-0.1, -0.05) is 18.2 Å². The molecular weight excluding hydrogens is 418 g/mol. The summed E-state index contributed by atoms with van der Waals surface area (Å²) in [4.78, 5) is 14.5. The summed E-state index contributed by atoms with van der Waals surface area (Å²) in [7, 11) is -3.86. The van der Waals surface area contributed by atoms with Crippen LogP contribution in [0.5, 0.6) is 0 Å². The van der Waals surface area contributed by atoms with Gasteiger partial charge < -0.3 is 4.90 Å². The van der Waals surface area contributed by atoms with Crippen LogP contribution in [-0.4, -0.2) is 44.1 Å². The average molecular weight is 441 g/mol. The number of halogens is 2. The fraction of sp³-hybridized carbons (Fsp3) is 0.350. The van der Waals surface area contributed by atoms with Crippen LogP contribution in [-0.2, 0) is 14.8 Å². The third-order valence-electron chi connectivity index (χ3n) is 4.61. The Morgan fingerprint density at radius 2 is 1.97 bits per heavy atom. The minimum atomic E-state index is -3.86. The van der Waals surface area contributed by atoms with Gasteiger partial charge in [0.15, 0.2) is 0 Å². The highest BCUT2D eigenvalue weighted by molar-refractivity contribution is 7.99. The van der Waals surface area contributed by atoms with Crippen molar-refractivity contribution in [3.8, 4) is 0 Å². The highest BCUT2D eigenvalue weighted by Crippen LogP contribution is 2.23. The van der Waals surface area contributed by atoms with Crippen LogP contribution in [0.1, 0.15) is 19.3 Å². The maximum atomic E-state index is 13.6.